The second-order valence-electron chi connectivity index (χ2n) is 15.2. The first kappa shape index (κ1) is 33.2. The standard InChI is InChI=1S/C36H59NO5/c1-10-11-19-37-28-16-17-34(6)26(23(28)4)15-18-35(7)32(34)29(39)20-27-31(30(42-24(5)38)21-36(27,35)8)25(33(40)41-9)14-12-13-22(2)3/h13,23,26-30,32,37,39H,10-12,14-21H2,1-9H3/b31-25-/t23-,26-,27-,28-,29+,30-,32-,34-,35-,36-/m0/s1. The molecule has 0 bridgehead atoms. The maximum Gasteiger partial charge on any atom is 0.333 e. The van der Waals surface area contributed by atoms with Crippen molar-refractivity contribution in [3.05, 3.63) is 22.8 Å². The van der Waals surface area contributed by atoms with Crippen LogP contribution in [0.2, 0.25) is 0 Å². The van der Waals surface area contributed by atoms with Gasteiger partial charge in [-0.05, 0) is 124 Å². The van der Waals surface area contributed by atoms with Gasteiger partial charge in [0.25, 0.3) is 0 Å². The highest BCUT2D eigenvalue weighted by Crippen LogP contribution is 2.74. The van der Waals surface area contributed by atoms with Crippen LogP contribution in [0.5, 0.6) is 0 Å². The van der Waals surface area contributed by atoms with Crippen LogP contribution in [0, 0.1) is 39.9 Å². The minimum absolute atomic E-state index is 0.0384. The Hall–Kier alpha value is -1.66. The van der Waals surface area contributed by atoms with Crippen molar-refractivity contribution in [1.29, 1.82) is 0 Å². The summed E-state index contributed by atoms with van der Waals surface area (Å²) >= 11 is 0. The van der Waals surface area contributed by atoms with Crippen molar-refractivity contribution in [1.82, 2.24) is 5.32 Å². The third-order valence-corrected chi connectivity index (χ3v) is 12.7. The van der Waals surface area contributed by atoms with Gasteiger partial charge in [-0.2, -0.15) is 0 Å². The number of nitrogens with one attached hydrogen (secondary N) is 1. The van der Waals surface area contributed by atoms with E-state index in [1.165, 1.54) is 32.4 Å². The Morgan fingerprint density at radius 3 is 2.43 bits per heavy atom. The van der Waals surface area contributed by atoms with E-state index in [1.54, 1.807) is 0 Å². The molecule has 4 saturated carbocycles. The molecule has 238 valence electrons. The Bertz CT molecular complexity index is 1080. The maximum atomic E-state index is 13.3. The number of fused-ring (bicyclic) bond motifs is 5. The molecular weight excluding hydrogens is 526 g/mol. The lowest BCUT2D eigenvalue weighted by Gasteiger charge is -2.69. The van der Waals surface area contributed by atoms with Crippen molar-refractivity contribution in [2.45, 2.75) is 138 Å². The molecule has 0 aliphatic heterocycles. The second kappa shape index (κ2) is 12.8. The van der Waals surface area contributed by atoms with Gasteiger partial charge in [0, 0.05) is 18.5 Å². The summed E-state index contributed by atoms with van der Waals surface area (Å²) in [5.41, 5.74) is 2.43. The van der Waals surface area contributed by atoms with E-state index in [-0.39, 0.29) is 40.0 Å². The number of aliphatic hydroxyl groups is 1. The zero-order valence-electron chi connectivity index (χ0n) is 28.0. The van der Waals surface area contributed by atoms with Crippen LogP contribution < -0.4 is 5.32 Å². The largest absolute Gasteiger partial charge is 0.466 e. The van der Waals surface area contributed by atoms with Gasteiger partial charge < -0.3 is 19.9 Å². The first-order chi connectivity index (χ1) is 19.7. The molecule has 0 unspecified atom stereocenters. The first-order valence-electron chi connectivity index (χ1n) is 16.8. The van der Waals surface area contributed by atoms with Gasteiger partial charge in [0.1, 0.15) is 6.10 Å². The zero-order valence-corrected chi connectivity index (χ0v) is 28.0. The van der Waals surface area contributed by atoms with Crippen molar-refractivity contribution in [2.75, 3.05) is 13.7 Å². The number of rotatable bonds is 9. The molecule has 0 aromatic heterocycles. The Labute approximate surface area is 255 Å². The molecule has 0 radical (unpaired) electrons. The van der Waals surface area contributed by atoms with E-state index in [0.29, 0.717) is 42.7 Å². The summed E-state index contributed by atoms with van der Waals surface area (Å²) in [7, 11) is 1.43. The van der Waals surface area contributed by atoms with Crippen LogP contribution in [0.1, 0.15) is 120 Å². The zero-order chi connectivity index (χ0) is 31.0. The minimum Gasteiger partial charge on any atom is -0.466 e. The lowest BCUT2D eigenvalue weighted by molar-refractivity contribution is -0.227. The fraction of sp³-hybridized carbons (Fsp3) is 0.833. The van der Waals surface area contributed by atoms with Gasteiger partial charge in [-0.3, -0.25) is 4.79 Å². The molecule has 0 saturated heterocycles. The molecule has 0 spiro atoms. The fourth-order valence-electron chi connectivity index (χ4n) is 10.7. The molecule has 4 rings (SSSR count). The van der Waals surface area contributed by atoms with E-state index in [4.69, 9.17) is 9.47 Å². The minimum atomic E-state index is -0.472. The third-order valence-electron chi connectivity index (χ3n) is 12.7. The summed E-state index contributed by atoms with van der Waals surface area (Å²) in [6.45, 7) is 18.6. The highest BCUT2D eigenvalue weighted by Gasteiger charge is 2.70. The number of ether oxygens (including phenoxy) is 2. The number of allylic oxidation sites excluding steroid dienone is 2. The highest BCUT2D eigenvalue weighted by atomic mass is 16.5. The molecule has 0 amide bonds. The quantitative estimate of drug-likeness (QED) is 0.129. The van der Waals surface area contributed by atoms with Crippen LogP contribution in [0.4, 0.5) is 0 Å². The number of esters is 2. The smallest absolute Gasteiger partial charge is 0.333 e. The lowest BCUT2D eigenvalue weighted by atomic mass is 9.36. The SMILES string of the molecule is CCCCN[C@H]1CC[C@@]2(C)[C@@H](CC[C@@]3(C)[C@H]2[C@H](O)C[C@H]2/C(=C(\CCC=C(C)C)C(=O)OC)[C@@H](OC(C)=O)C[C@@]23C)[C@@H]1C. The number of methoxy groups -OCH3 is 1. The van der Waals surface area contributed by atoms with Crippen LogP contribution in [-0.2, 0) is 19.1 Å². The molecule has 6 nitrogen and oxygen atoms in total. The van der Waals surface area contributed by atoms with E-state index < -0.39 is 12.2 Å². The molecule has 4 aliphatic rings. The highest BCUT2D eigenvalue weighted by molar-refractivity contribution is 5.90. The summed E-state index contributed by atoms with van der Waals surface area (Å²) < 4.78 is 11.4. The number of unbranched alkanes of at least 4 members (excludes halogenated alkanes) is 1. The molecule has 6 heteroatoms. The molecule has 2 N–H and O–H groups in total. The van der Waals surface area contributed by atoms with E-state index >= 15 is 0 Å². The van der Waals surface area contributed by atoms with Gasteiger partial charge in [0.05, 0.1) is 13.2 Å². The predicted molar refractivity (Wildman–Crippen MR) is 168 cm³/mol. The fourth-order valence-corrected chi connectivity index (χ4v) is 10.7. The summed E-state index contributed by atoms with van der Waals surface area (Å²) in [5.74, 6) is 0.588. The van der Waals surface area contributed by atoms with E-state index in [2.05, 4.69) is 59.9 Å². The topological polar surface area (TPSA) is 84.9 Å². The number of hydrogen-bond acceptors (Lipinski definition) is 6. The van der Waals surface area contributed by atoms with E-state index in [0.717, 1.165) is 44.2 Å². The van der Waals surface area contributed by atoms with Gasteiger partial charge in [-0.1, -0.05) is 52.7 Å². The van der Waals surface area contributed by atoms with Crippen LogP contribution in [0.3, 0.4) is 0 Å². The van der Waals surface area contributed by atoms with Crippen LogP contribution in [0.25, 0.3) is 0 Å². The number of aliphatic hydroxyl groups excluding tert-OH is 1. The maximum absolute atomic E-state index is 13.3. The summed E-state index contributed by atoms with van der Waals surface area (Å²) in [6.07, 6.45) is 10.6. The van der Waals surface area contributed by atoms with E-state index in [9.17, 15) is 14.7 Å². The summed E-state index contributed by atoms with van der Waals surface area (Å²) in [6, 6.07) is 0.542. The number of carbonyl (C=O) groups excluding carboxylic acids is 2. The normalized spacial score (nSPS) is 42.1. The molecule has 0 aromatic carbocycles. The number of hydrogen-bond donors (Lipinski definition) is 2. The van der Waals surface area contributed by atoms with Crippen molar-refractivity contribution in [3.63, 3.8) is 0 Å². The van der Waals surface area contributed by atoms with Gasteiger partial charge >= 0.3 is 11.9 Å². The Kier molecular flexibility index (Phi) is 10.1. The Morgan fingerprint density at radius 2 is 1.81 bits per heavy atom. The summed E-state index contributed by atoms with van der Waals surface area (Å²) in [5, 5.41) is 16.1. The van der Waals surface area contributed by atoms with Crippen molar-refractivity contribution in [2.24, 2.45) is 39.9 Å². The van der Waals surface area contributed by atoms with Crippen LogP contribution in [0.15, 0.2) is 22.8 Å². The van der Waals surface area contributed by atoms with Crippen molar-refractivity contribution < 1.29 is 24.2 Å². The van der Waals surface area contributed by atoms with Crippen molar-refractivity contribution in [3.8, 4) is 0 Å². The van der Waals surface area contributed by atoms with Gasteiger partial charge in [-0.25, -0.2) is 4.79 Å². The van der Waals surface area contributed by atoms with Gasteiger partial charge in [0.15, 0.2) is 0 Å². The molecule has 4 fully saturated rings. The Balaban J connectivity index is 1.75. The molecule has 42 heavy (non-hydrogen) atoms. The molecule has 10 atom stereocenters. The predicted octanol–water partition coefficient (Wildman–Crippen LogP) is 7.15. The first-order valence-corrected chi connectivity index (χ1v) is 16.8. The van der Waals surface area contributed by atoms with Crippen LogP contribution >= 0.6 is 0 Å². The molecule has 0 heterocycles. The van der Waals surface area contributed by atoms with Gasteiger partial charge in [-0.15, -0.1) is 0 Å². The van der Waals surface area contributed by atoms with Crippen molar-refractivity contribution >= 4 is 11.9 Å². The summed E-state index contributed by atoms with van der Waals surface area (Å²) in [4.78, 5) is 25.7. The van der Waals surface area contributed by atoms with Gasteiger partial charge in [0.2, 0.25) is 0 Å². The molecule has 4 aliphatic carbocycles. The average molecular weight is 586 g/mol. The molecular formula is C36H59NO5. The number of carbonyl (C=O) groups is 2. The van der Waals surface area contributed by atoms with Crippen LogP contribution in [-0.4, -0.2) is 48.9 Å². The Morgan fingerprint density at radius 1 is 1.10 bits per heavy atom. The monoisotopic (exact) mass is 585 g/mol. The third kappa shape index (κ3) is 5.64. The molecule has 0 aromatic rings. The average Bonchev–Trinajstić information content (AvgIpc) is 3.18. The van der Waals surface area contributed by atoms with E-state index in [1.807, 2.05) is 0 Å². The second-order valence-corrected chi connectivity index (χ2v) is 15.2. The lowest BCUT2D eigenvalue weighted by Crippen LogP contribution is -2.66.